The van der Waals surface area contributed by atoms with Gasteiger partial charge in [-0.1, -0.05) is 29.7 Å². The summed E-state index contributed by atoms with van der Waals surface area (Å²) in [6.07, 6.45) is 1.11. The van der Waals surface area contributed by atoms with E-state index in [0.717, 1.165) is 34.3 Å². The van der Waals surface area contributed by atoms with Gasteiger partial charge in [0.05, 0.1) is 6.61 Å². The van der Waals surface area contributed by atoms with Crippen molar-refractivity contribution in [2.75, 3.05) is 25.6 Å². The molecule has 5 nitrogen and oxygen atoms in total. The molecule has 1 unspecified atom stereocenters. The normalized spacial score (nSPS) is 15.1. The second-order valence-corrected chi connectivity index (χ2v) is 8.31. The fourth-order valence-electron chi connectivity index (χ4n) is 4.05. The van der Waals surface area contributed by atoms with Gasteiger partial charge in [0, 0.05) is 34.0 Å². The van der Waals surface area contributed by atoms with Gasteiger partial charge in [-0.15, -0.1) is 17.5 Å². The van der Waals surface area contributed by atoms with Gasteiger partial charge in [-0.3, -0.25) is 4.90 Å². The molecule has 1 N–H and O–H groups in total. The molecule has 1 aliphatic heterocycles. The van der Waals surface area contributed by atoms with E-state index >= 15 is 0 Å². The lowest BCUT2D eigenvalue weighted by Gasteiger charge is -2.35. The molecule has 3 aromatic rings. The first-order valence-corrected chi connectivity index (χ1v) is 11.5. The molecular formula is C25H24Cl2N2O3. The van der Waals surface area contributed by atoms with Crippen molar-refractivity contribution in [1.29, 1.82) is 0 Å². The van der Waals surface area contributed by atoms with E-state index in [4.69, 9.17) is 32.7 Å². The molecule has 1 aliphatic rings. The number of aromatic nitrogens is 1. The molecule has 0 saturated heterocycles. The minimum absolute atomic E-state index is 0.0705. The number of aromatic amines is 1. The summed E-state index contributed by atoms with van der Waals surface area (Å²) in [6.45, 7) is 2.89. The third-order valence-electron chi connectivity index (χ3n) is 5.51. The number of fused-ring (bicyclic) bond motifs is 3. The van der Waals surface area contributed by atoms with Crippen LogP contribution in [-0.2, 0) is 11.2 Å². The number of carbonyl (C=O) groups excluding carboxylic acids is 1. The second kappa shape index (κ2) is 10.2. The van der Waals surface area contributed by atoms with Crippen LogP contribution in [0, 0.1) is 11.8 Å². The van der Waals surface area contributed by atoms with Crippen molar-refractivity contribution in [3.8, 4) is 17.6 Å². The molecule has 0 bridgehead atoms. The van der Waals surface area contributed by atoms with Crippen LogP contribution in [0.2, 0.25) is 5.02 Å². The van der Waals surface area contributed by atoms with E-state index in [-0.39, 0.29) is 18.7 Å². The Kier molecular flexibility index (Phi) is 7.14. The van der Waals surface area contributed by atoms with Crippen LogP contribution in [0.3, 0.4) is 0 Å². The zero-order valence-electron chi connectivity index (χ0n) is 17.8. The largest absolute Gasteiger partial charge is 0.494 e. The van der Waals surface area contributed by atoms with Crippen molar-refractivity contribution >= 4 is 40.2 Å². The molecule has 2 heterocycles. The SMILES string of the molecule is CC#CCOC(=O)N1CCc2c([nH]c3ccc(Cl)cc23)C1c1ccc(OCCCCl)cc1. The van der Waals surface area contributed by atoms with Crippen LogP contribution >= 0.6 is 23.2 Å². The van der Waals surface area contributed by atoms with E-state index in [0.29, 0.717) is 30.5 Å². The molecule has 166 valence electrons. The van der Waals surface area contributed by atoms with Crippen LogP contribution in [0.5, 0.6) is 5.75 Å². The summed E-state index contributed by atoms with van der Waals surface area (Å²) < 4.78 is 11.1. The average molecular weight is 471 g/mol. The van der Waals surface area contributed by atoms with Crippen LogP contribution < -0.4 is 4.74 Å². The first-order chi connectivity index (χ1) is 15.6. The third kappa shape index (κ3) is 4.67. The molecule has 0 spiro atoms. The maximum Gasteiger partial charge on any atom is 0.411 e. The van der Waals surface area contributed by atoms with E-state index in [1.807, 2.05) is 42.5 Å². The quantitative estimate of drug-likeness (QED) is 0.275. The number of carbonyl (C=O) groups is 1. The molecular weight excluding hydrogens is 447 g/mol. The van der Waals surface area contributed by atoms with Crippen LogP contribution in [0.4, 0.5) is 4.79 Å². The number of nitrogens with one attached hydrogen (secondary N) is 1. The number of H-pyrrole nitrogens is 1. The molecule has 32 heavy (non-hydrogen) atoms. The zero-order valence-corrected chi connectivity index (χ0v) is 19.3. The van der Waals surface area contributed by atoms with E-state index in [2.05, 4.69) is 16.8 Å². The summed E-state index contributed by atoms with van der Waals surface area (Å²) in [4.78, 5) is 18.2. The highest BCUT2D eigenvalue weighted by Gasteiger charge is 2.35. The van der Waals surface area contributed by atoms with E-state index in [1.165, 1.54) is 5.56 Å². The fraction of sp³-hybridized carbons (Fsp3) is 0.320. The van der Waals surface area contributed by atoms with Gasteiger partial charge in [-0.25, -0.2) is 4.79 Å². The lowest BCUT2D eigenvalue weighted by Crippen LogP contribution is -2.41. The van der Waals surface area contributed by atoms with Gasteiger partial charge in [-0.2, -0.15) is 0 Å². The predicted molar refractivity (Wildman–Crippen MR) is 128 cm³/mol. The maximum absolute atomic E-state index is 12.9. The number of halogens is 2. The number of nitrogens with zero attached hydrogens (tertiary/aromatic N) is 1. The Balaban J connectivity index is 1.70. The van der Waals surface area contributed by atoms with E-state index in [9.17, 15) is 4.79 Å². The summed E-state index contributed by atoms with van der Waals surface area (Å²) in [5, 5.41) is 1.78. The molecule has 0 saturated carbocycles. The third-order valence-corrected chi connectivity index (χ3v) is 6.01. The smallest absolute Gasteiger partial charge is 0.411 e. The first-order valence-electron chi connectivity index (χ1n) is 10.5. The topological polar surface area (TPSA) is 54.6 Å². The number of amides is 1. The van der Waals surface area contributed by atoms with Crippen LogP contribution in [-0.4, -0.2) is 41.6 Å². The van der Waals surface area contributed by atoms with Crippen molar-refractivity contribution in [2.45, 2.75) is 25.8 Å². The van der Waals surface area contributed by atoms with E-state index < -0.39 is 0 Å². The summed E-state index contributed by atoms with van der Waals surface area (Å²) in [6, 6.07) is 13.3. The van der Waals surface area contributed by atoms with Crippen molar-refractivity contribution in [2.24, 2.45) is 0 Å². The Morgan fingerprint density at radius 3 is 2.81 bits per heavy atom. The highest BCUT2D eigenvalue weighted by Crippen LogP contribution is 2.39. The van der Waals surface area contributed by atoms with Gasteiger partial charge in [-0.05, 0) is 61.2 Å². The summed E-state index contributed by atoms with van der Waals surface area (Å²) in [5.74, 6) is 6.86. The Labute approximate surface area is 197 Å². The van der Waals surface area contributed by atoms with Crippen molar-refractivity contribution in [1.82, 2.24) is 9.88 Å². The Bertz CT molecular complexity index is 1160. The van der Waals surface area contributed by atoms with Crippen molar-refractivity contribution < 1.29 is 14.3 Å². The van der Waals surface area contributed by atoms with Gasteiger partial charge in [0.15, 0.2) is 6.61 Å². The van der Waals surface area contributed by atoms with Gasteiger partial charge in [0.1, 0.15) is 11.8 Å². The number of rotatable bonds is 6. The molecule has 1 atom stereocenters. The minimum Gasteiger partial charge on any atom is -0.494 e. The van der Waals surface area contributed by atoms with Crippen LogP contribution in [0.15, 0.2) is 42.5 Å². The number of alkyl halides is 1. The number of hydrogen-bond donors (Lipinski definition) is 1. The molecule has 2 aromatic carbocycles. The highest BCUT2D eigenvalue weighted by atomic mass is 35.5. The molecule has 7 heteroatoms. The van der Waals surface area contributed by atoms with Gasteiger partial charge >= 0.3 is 6.09 Å². The second-order valence-electron chi connectivity index (χ2n) is 7.49. The molecule has 1 amide bonds. The first kappa shape index (κ1) is 22.4. The molecule has 1 aromatic heterocycles. The minimum atomic E-state index is -0.387. The number of benzene rings is 2. The van der Waals surface area contributed by atoms with Gasteiger partial charge < -0.3 is 14.5 Å². The summed E-state index contributed by atoms with van der Waals surface area (Å²) in [7, 11) is 0. The van der Waals surface area contributed by atoms with Crippen molar-refractivity contribution in [3.05, 3.63) is 64.3 Å². The lowest BCUT2D eigenvalue weighted by atomic mass is 9.92. The van der Waals surface area contributed by atoms with Crippen molar-refractivity contribution in [3.63, 3.8) is 0 Å². The Hall–Kier alpha value is -2.81. The molecule has 4 rings (SSSR count). The summed E-state index contributed by atoms with van der Waals surface area (Å²) in [5.41, 5.74) is 4.11. The molecule has 0 fully saturated rings. The zero-order chi connectivity index (χ0) is 22.5. The fourth-order valence-corrected chi connectivity index (χ4v) is 4.33. The van der Waals surface area contributed by atoms with Crippen LogP contribution in [0.25, 0.3) is 10.9 Å². The standard InChI is InChI=1S/C25H24Cl2N2O3/c1-2-3-14-32-25(30)29-13-11-20-21-16-18(27)7-10-22(21)28-23(20)24(29)17-5-8-19(9-6-17)31-15-4-12-26/h5-10,16,24,28H,4,11-15H2,1H3. The van der Waals surface area contributed by atoms with Gasteiger partial charge in [0.2, 0.25) is 0 Å². The highest BCUT2D eigenvalue weighted by molar-refractivity contribution is 6.31. The summed E-state index contributed by atoms with van der Waals surface area (Å²) >= 11 is 12.0. The van der Waals surface area contributed by atoms with Gasteiger partial charge in [0.25, 0.3) is 0 Å². The lowest BCUT2D eigenvalue weighted by molar-refractivity contribution is 0.0993. The molecule has 0 radical (unpaired) electrons. The number of hydrogen-bond acceptors (Lipinski definition) is 3. The molecule has 0 aliphatic carbocycles. The predicted octanol–water partition coefficient (Wildman–Crippen LogP) is 5.94. The Morgan fingerprint density at radius 2 is 2.06 bits per heavy atom. The average Bonchev–Trinajstić information content (AvgIpc) is 3.17. The van der Waals surface area contributed by atoms with E-state index in [1.54, 1.807) is 11.8 Å². The van der Waals surface area contributed by atoms with Crippen LogP contribution in [0.1, 0.15) is 36.2 Å². The number of ether oxygens (including phenoxy) is 2. The maximum atomic E-state index is 12.9. The Morgan fingerprint density at radius 1 is 1.25 bits per heavy atom. The monoisotopic (exact) mass is 470 g/mol.